The van der Waals surface area contributed by atoms with E-state index in [9.17, 15) is 4.79 Å². The number of hydrogen-bond acceptors (Lipinski definition) is 2. The molecule has 20 heavy (non-hydrogen) atoms. The second kappa shape index (κ2) is 5.83. The third-order valence-electron chi connectivity index (χ3n) is 4.06. The Labute approximate surface area is 123 Å². The number of rotatable bonds is 3. The average Bonchev–Trinajstić information content (AvgIpc) is 2.91. The number of amides is 1. The van der Waals surface area contributed by atoms with Crippen molar-refractivity contribution in [2.45, 2.75) is 19.4 Å². The van der Waals surface area contributed by atoms with Crippen LogP contribution in [0.4, 0.5) is 0 Å². The van der Waals surface area contributed by atoms with Gasteiger partial charge in [-0.3, -0.25) is 4.79 Å². The molecule has 0 unspecified atom stereocenters. The number of halogens is 1. The maximum atomic E-state index is 11.5. The number of benzene rings is 1. The molecule has 1 aromatic heterocycles. The van der Waals surface area contributed by atoms with E-state index in [-0.39, 0.29) is 11.8 Å². The summed E-state index contributed by atoms with van der Waals surface area (Å²) < 4.78 is 2.22. The van der Waals surface area contributed by atoms with Gasteiger partial charge in [0.25, 0.3) is 0 Å². The number of carbonyl (C=O) groups is 1. The van der Waals surface area contributed by atoms with E-state index in [1.807, 2.05) is 29.4 Å². The third kappa shape index (κ3) is 2.66. The number of fused-ring (bicyclic) bond motifs is 1. The van der Waals surface area contributed by atoms with Gasteiger partial charge in [-0.15, -0.1) is 11.6 Å². The zero-order chi connectivity index (χ0) is 13.9. The van der Waals surface area contributed by atoms with Crippen LogP contribution in [0.3, 0.4) is 0 Å². The molecule has 0 saturated carbocycles. The molecule has 0 radical (unpaired) electrons. The van der Waals surface area contributed by atoms with Crippen molar-refractivity contribution >= 4 is 28.5 Å². The quantitative estimate of drug-likeness (QED) is 0.815. The Bertz CT molecular complexity index is 602. The summed E-state index contributed by atoms with van der Waals surface area (Å²) in [6, 6.07) is 8.19. The van der Waals surface area contributed by atoms with Crippen molar-refractivity contribution in [3.8, 4) is 0 Å². The van der Waals surface area contributed by atoms with Gasteiger partial charge in [0, 0.05) is 19.6 Å². The zero-order valence-corrected chi connectivity index (χ0v) is 12.1. The number of aromatic nitrogens is 2. The van der Waals surface area contributed by atoms with Gasteiger partial charge in [-0.25, -0.2) is 4.98 Å². The lowest BCUT2D eigenvalue weighted by molar-refractivity contribution is -0.129. The van der Waals surface area contributed by atoms with Crippen molar-refractivity contribution in [1.29, 1.82) is 0 Å². The van der Waals surface area contributed by atoms with Gasteiger partial charge in [0.05, 0.1) is 17.4 Å². The first-order valence-electron chi connectivity index (χ1n) is 7.01. The van der Waals surface area contributed by atoms with Crippen LogP contribution < -0.4 is 0 Å². The van der Waals surface area contributed by atoms with Crippen LogP contribution in [-0.2, 0) is 11.3 Å². The molecule has 1 amide bonds. The number of carbonyl (C=O) groups excluding carboxylic acids is 1. The molecule has 4 nitrogen and oxygen atoms in total. The molecule has 1 aliphatic rings. The van der Waals surface area contributed by atoms with Crippen LogP contribution in [0.15, 0.2) is 30.6 Å². The largest absolute Gasteiger partial charge is 0.342 e. The summed E-state index contributed by atoms with van der Waals surface area (Å²) in [5.74, 6) is 0.752. The van der Waals surface area contributed by atoms with Gasteiger partial charge in [-0.1, -0.05) is 12.1 Å². The van der Waals surface area contributed by atoms with E-state index >= 15 is 0 Å². The van der Waals surface area contributed by atoms with Crippen LogP contribution in [-0.4, -0.2) is 39.3 Å². The average molecular weight is 292 g/mol. The number of para-hydroxylation sites is 2. The van der Waals surface area contributed by atoms with Gasteiger partial charge in [-0.05, 0) is 30.9 Å². The number of hydrogen-bond donors (Lipinski definition) is 0. The molecule has 2 heterocycles. The standard InChI is InChI=1S/C15H18ClN3O/c16-9-15(20)18-7-5-12(6-8-18)10-19-11-17-13-3-1-2-4-14(13)19/h1-4,11-12H,5-10H2. The van der Waals surface area contributed by atoms with Crippen LogP contribution in [0.5, 0.6) is 0 Å². The fourth-order valence-electron chi connectivity index (χ4n) is 2.88. The minimum atomic E-state index is 0.0539. The number of imidazole rings is 1. The summed E-state index contributed by atoms with van der Waals surface area (Å²) in [5.41, 5.74) is 2.23. The summed E-state index contributed by atoms with van der Waals surface area (Å²) in [7, 11) is 0. The smallest absolute Gasteiger partial charge is 0.237 e. The lowest BCUT2D eigenvalue weighted by Crippen LogP contribution is -2.39. The number of nitrogens with zero attached hydrogens (tertiary/aromatic N) is 3. The Morgan fingerprint density at radius 2 is 2.05 bits per heavy atom. The molecule has 0 aliphatic carbocycles. The fraction of sp³-hybridized carbons (Fsp3) is 0.467. The normalized spacial score (nSPS) is 16.8. The van der Waals surface area contributed by atoms with Crippen LogP contribution in [0.25, 0.3) is 11.0 Å². The van der Waals surface area contributed by atoms with Gasteiger partial charge >= 0.3 is 0 Å². The molecular weight excluding hydrogens is 274 g/mol. The molecule has 2 aromatic rings. The van der Waals surface area contributed by atoms with Gasteiger partial charge in [0.2, 0.25) is 5.91 Å². The van der Waals surface area contributed by atoms with Crippen LogP contribution >= 0.6 is 11.6 Å². The summed E-state index contributed by atoms with van der Waals surface area (Å²) in [6.45, 7) is 2.62. The van der Waals surface area contributed by atoms with Crippen molar-refractivity contribution < 1.29 is 4.79 Å². The van der Waals surface area contributed by atoms with E-state index < -0.39 is 0 Å². The Hall–Kier alpha value is -1.55. The highest BCUT2D eigenvalue weighted by atomic mass is 35.5. The predicted octanol–water partition coefficient (Wildman–Crippen LogP) is 2.51. The number of likely N-dealkylation sites (tertiary alicyclic amines) is 1. The first-order valence-corrected chi connectivity index (χ1v) is 7.55. The molecule has 1 fully saturated rings. The second-order valence-electron chi connectivity index (χ2n) is 5.34. The van der Waals surface area contributed by atoms with Crippen molar-refractivity contribution in [3.05, 3.63) is 30.6 Å². The molecule has 1 aliphatic heterocycles. The Morgan fingerprint density at radius 3 is 2.80 bits per heavy atom. The van der Waals surface area contributed by atoms with E-state index in [1.165, 1.54) is 5.52 Å². The number of alkyl halides is 1. The van der Waals surface area contributed by atoms with E-state index in [1.54, 1.807) is 0 Å². The number of piperidine rings is 1. The van der Waals surface area contributed by atoms with Gasteiger partial charge in [0.1, 0.15) is 5.88 Å². The van der Waals surface area contributed by atoms with Crippen molar-refractivity contribution in [2.75, 3.05) is 19.0 Å². The third-order valence-corrected chi connectivity index (χ3v) is 4.29. The molecule has 3 rings (SSSR count). The van der Waals surface area contributed by atoms with E-state index in [0.717, 1.165) is 38.0 Å². The monoisotopic (exact) mass is 291 g/mol. The summed E-state index contributed by atoms with van der Waals surface area (Å²) in [5, 5.41) is 0. The second-order valence-corrected chi connectivity index (χ2v) is 5.61. The molecule has 0 spiro atoms. The first-order chi connectivity index (χ1) is 9.78. The van der Waals surface area contributed by atoms with Crippen LogP contribution in [0, 0.1) is 5.92 Å². The molecule has 1 saturated heterocycles. The Balaban J connectivity index is 1.64. The first kappa shape index (κ1) is 13.4. The lowest BCUT2D eigenvalue weighted by atomic mass is 9.96. The topological polar surface area (TPSA) is 38.1 Å². The van der Waals surface area contributed by atoms with Crippen molar-refractivity contribution in [2.24, 2.45) is 5.92 Å². The van der Waals surface area contributed by atoms with Gasteiger partial charge in [0.15, 0.2) is 0 Å². The molecule has 1 aromatic carbocycles. The SMILES string of the molecule is O=C(CCl)N1CCC(Cn2cnc3ccccc32)CC1. The summed E-state index contributed by atoms with van der Waals surface area (Å²) in [6.07, 6.45) is 3.99. The predicted molar refractivity (Wildman–Crippen MR) is 79.8 cm³/mol. The summed E-state index contributed by atoms with van der Waals surface area (Å²) >= 11 is 5.60. The Kier molecular flexibility index (Phi) is 3.92. The maximum absolute atomic E-state index is 11.5. The lowest BCUT2D eigenvalue weighted by Gasteiger charge is -2.31. The molecule has 0 bridgehead atoms. The molecule has 106 valence electrons. The van der Waals surface area contributed by atoms with Crippen LogP contribution in [0.2, 0.25) is 0 Å². The van der Waals surface area contributed by atoms with Crippen molar-refractivity contribution in [3.63, 3.8) is 0 Å². The zero-order valence-electron chi connectivity index (χ0n) is 11.3. The molecule has 0 N–H and O–H groups in total. The Morgan fingerprint density at radius 1 is 1.30 bits per heavy atom. The minimum Gasteiger partial charge on any atom is -0.342 e. The van der Waals surface area contributed by atoms with Gasteiger partial charge < -0.3 is 9.47 Å². The highest BCUT2D eigenvalue weighted by Crippen LogP contribution is 2.21. The molecular formula is C15H18ClN3O. The van der Waals surface area contributed by atoms with E-state index in [4.69, 9.17) is 11.6 Å². The van der Waals surface area contributed by atoms with Gasteiger partial charge in [-0.2, -0.15) is 0 Å². The maximum Gasteiger partial charge on any atom is 0.237 e. The molecule has 5 heteroatoms. The molecule has 0 atom stereocenters. The highest BCUT2D eigenvalue weighted by Gasteiger charge is 2.22. The van der Waals surface area contributed by atoms with Crippen molar-refractivity contribution in [1.82, 2.24) is 14.5 Å². The van der Waals surface area contributed by atoms with E-state index in [0.29, 0.717) is 5.92 Å². The van der Waals surface area contributed by atoms with Crippen LogP contribution in [0.1, 0.15) is 12.8 Å². The summed E-state index contributed by atoms with van der Waals surface area (Å²) in [4.78, 5) is 17.8. The minimum absolute atomic E-state index is 0.0539. The van der Waals surface area contributed by atoms with E-state index in [2.05, 4.69) is 15.6 Å². The highest BCUT2D eigenvalue weighted by molar-refractivity contribution is 6.27. The fourth-order valence-corrected chi connectivity index (χ4v) is 3.05.